The molecule has 0 atom stereocenters. The maximum Gasteiger partial charge on any atom is 0.488 e. The van der Waals surface area contributed by atoms with E-state index in [1.807, 2.05) is 0 Å². The minimum absolute atomic E-state index is 0.0293. The smallest absolute Gasteiger partial charge is 0.448 e. The van der Waals surface area contributed by atoms with Crippen molar-refractivity contribution in [3.05, 3.63) is 24.0 Å². The van der Waals surface area contributed by atoms with E-state index in [9.17, 15) is 17.3 Å². The zero-order valence-corrected chi connectivity index (χ0v) is 7.83. The second kappa shape index (κ2) is 4.12. The van der Waals surface area contributed by atoms with Crippen LogP contribution in [-0.2, 0) is 0 Å². The van der Waals surface area contributed by atoms with Gasteiger partial charge in [0, 0.05) is 10.6 Å². The maximum absolute atomic E-state index is 13.0. The maximum atomic E-state index is 13.0. The first-order chi connectivity index (χ1) is 6.38. The Hall–Kier alpha value is -0.845. The van der Waals surface area contributed by atoms with Crippen molar-refractivity contribution in [3.63, 3.8) is 0 Å². The van der Waals surface area contributed by atoms with Crippen LogP contribution in [0.4, 0.5) is 23.0 Å². The molecule has 0 fully saturated rings. The number of halogens is 4. The Morgan fingerprint density at radius 3 is 2.43 bits per heavy atom. The predicted octanol–water partition coefficient (Wildman–Crippen LogP) is 2.89. The third-order valence-electron chi connectivity index (χ3n) is 1.38. The zero-order valence-electron chi connectivity index (χ0n) is 7.01. The van der Waals surface area contributed by atoms with Crippen molar-refractivity contribution in [2.24, 2.45) is 0 Å². The summed E-state index contributed by atoms with van der Waals surface area (Å²) in [6.45, 7) is -4.89. The van der Waals surface area contributed by atoms with Crippen molar-refractivity contribution >= 4 is 24.4 Å². The van der Waals surface area contributed by atoms with Gasteiger partial charge in [0.2, 0.25) is 0 Å². The molecular weight excluding hydrogens is 217 g/mol. The Morgan fingerprint density at radius 2 is 1.93 bits per heavy atom. The quantitative estimate of drug-likeness (QED) is 0.369. The van der Waals surface area contributed by atoms with E-state index in [1.54, 1.807) is 0 Å². The second-order valence-electron chi connectivity index (χ2n) is 2.71. The van der Waals surface area contributed by atoms with Gasteiger partial charge in [-0.2, -0.15) is 11.8 Å². The molecule has 0 saturated heterocycles. The first-order valence-electron chi connectivity index (χ1n) is 3.77. The van der Waals surface area contributed by atoms with Crippen LogP contribution in [0.25, 0.3) is 0 Å². The molecule has 0 unspecified atom stereocenters. The van der Waals surface area contributed by atoms with Crippen molar-refractivity contribution in [1.82, 2.24) is 0 Å². The molecule has 0 spiro atoms. The SMILES string of the molecule is Nc1ccc(SC[B-](F)(F)F)c(F)c1. The normalized spacial score (nSPS) is 11.7. The fraction of sp³-hybridized carbons (Fsp3) is 0.143. The molecule has 1 rings (SSSR count). The van der Waals surface area contributed by atoms with Crippen LogP contribution < -0.4 is 5.73 Å². The van der Waals surface area contributed by atoms with Crippen molar-refractivity contribution in [3.8, 4) is 0 Å². The largest absolute Gasteiger partial charge is 0.488 e. The Labute approximate surface area is 82.7 Å². The first-order valence-corrected chi connectivity index (χ1v) is 4.76. The van der Waals surface area contributed by atoms with Crippen LogP contribution in [0.15, 0.2) is 23.1 Å². The lowest BCUT2D eigenvalue weighted by molar-refractivity contribution is 0.485. The number of nitrogen functional groups attached to an aromatic ring is 1. The Morgan fingerprint density at radius 1 is 1.29 bits per heavy atom. The van der Waals surface area contributed by atoms with Gasteiger partial charge >= 0.3 is 6.98 Å². The lowest BCUT2D eigenvalue weighted by Gasteiger charge is -2.12. The number of thioether (sulfide) groups is 1. The summed E-state index contributed by atoms with van der Waals surface area (Å²) < 4.78 is 48.5. The number of benzene rings is 1. The lowest BCUT2D eigenvalue weighted by atomic mass is 9.98. The van der Waals surface area contributed by atoms with Crippen molar-refractivity contribution < 1.29 is 17.3 Å². The van der Waals surface area contributed by atoms with E-state index < -0.39 is 18.4 Å². The monoisotopic (exact) mass is 224 g/mol. The van der Waals surface area contributed by atoms with Crippen molar-refractivity contribution in [2.75, 3.05) is 11.4 Å². The molecule has 0 aliphatic heterocycles. The molecule has 0 bridgehead atoms. The van der Waals surface area contributed by atoms with Crippen LogP contribution in [0.1, 0.15) is 0 Å². The van der Waals surface area contributed by atoms with Crippen LogP contribution in [-0.4, -0.2) is 12.6 Å². The average molecular weight is 224 g/mol. The van der Waals surface area contributed by atoms with Gasteiger partial charge < -0.3 is 18.7 Å². The highest BCUT2D eigenvalue weighted by atomic mass is 32.2. The highest BCUT2D eigenvalue weighted by molar-refractivity contribution is 8.00. The van der Waals surface area contributed by atoms with Gasteiger partial charge in [-0.1, -0.05) is 0 Å². The van der Waals surface area contributed by atoms with E-state index in [-0.39, 0.29) is 10.6 Å². The summed E-state index contributed by atoms with van der Waals surface area (Å²) in [5, 5.41) is 0. The van der Waals surface area contributed by atoms with E-state index in [2.05, 4.69) is 0 Å². The summed E-state index contributed by atoms with van der Waals surface area (Å²) in [6, 6.07) is 3.62. The molecule has 0 saturated carbocycles. The van der Waals surface area contributed by atoms with Crippen LogP contribution in [0.3, 0.4) is 0 Å². The number of anilines is 1. The Kier molecular flexibility index (Phi) is 3.31. The summed E-state index contributed by atoms with van der Waals surface area (Å²) >= 11 is 0.435. The fourth-order valence-electron chi connectivity index (χ4n) is 0.818. The van der Waals surface area contributed by atoms with Gasteiger partial charge in [0.15, 0.2) is 0 Å². The molecule has 1 nitrogen and oxygen atoms in total. The number of hydrogen-bond acceptors (Lipinski definition) is 2. The van der Waals surface area contributed by atoms with Gasteiger partial charge in [0.1, 0.15) is 5.82 Å². The van der Waals surface area contributed by atoms with E-state index in [4.69, 9.17) is 5.73 Å². The van der Waals surface area contributed by atoms with Crippen molar-refractivity contribution in [1.29, 1.82) is 0 Å². The van der Waals surface area contributed by atoms with Gasteiger partial charge in [-0.3, -0.25) is 0 Å². The van der Waals surface area contributed by atoms with Crippen LogP contribution in [0.5, 0.6) is 0 Å². The van der Waals surface area contributed by atoms with Gasteiger partial charge in [-0.15, -0.1) is 0 Å². The van der Waals surface area contributed by atoms with Crippen molar-refractivity contribution in [2.45, 2.75) is 4.90 Å². The molecule has 0 aliphatic carbocycles. The van der Waals surface area contributed by atoms with E-state index >= 15 is 0 Å². The molecule has 14 heavy (non-hydrogen) atoms. The van der Waals surface area contributed by atoms with Gasteiger partial charge in [0.25, 0.3) is 0 Å². The number of nitrogens with two attached hydrogens (primary N) is 1. The van der Waals surface area contributed by atoms with Crippen LogP contribution in [0, 0.1) is 5.82 Å². The number of hydrogen-bond donors (Lipinski definition) is 1. The lowest BCUT2D eigenvalue weighted by Crippen LogP contribution is -2.19. The highest BCUT2D eigenvalue weighted by Crippen LogP contribution is 2.27. The third kappa shape index (κ3) is 3.49. The minimum atomic E-state index is -4.89. The van der Waals surface area contributed by atoms with Crippen LogP contribution >= 0.6 is 11.8 Å². The molecule has 0 amide bonds. The average Bonchev–Trinajstić information content (AvgIpc) is 2.00. The topological polar surface area (TPSA) is 26.0 Å². The molecule has 78 valence electrons. The summed E-state index contributed by atoms with van der Waals surface area (Å²) in [4.78, 5) is -0.0293. The van der Waals surface area contributed by atoms with Gasteiger partial charge in [-0.25, -0.2) is 4.39 Å². The van der Waals surface area contributed by atoms with E-state index in [0.717, 1.165) is 6.07 Å². The molecular formula is C7H7BF4NS-. The highest BCUT2D eigenvalue weighted by Gasteiger charge is 2.23. The summed E-state index contributed by atoms with van der Waals surface area (Å²) in [7, 11) is 0. The number of rotatable bonds is 3. The second-order valence-corrected chi connectivity index (χ2v) is 3.77. The molecule has 7 heteroatoms. The third-order valence-corrected chi connectivity index (χ3v) is 2.57. The fourth-order valence-corrected chi connectivity index (χ4v) is 1.55. The minimum Gasteiger partial charge on any atom is -0.448 e. The van der Waals surface area contributed by atoms with E-state index in [0.29, 0.717) is 11.8 Å². The molecule has 2 N–H and O–H groups in total. The molecule has 0 radical (unpaired) electrons. The predicted molar refractivity (Wildman–Crippen MR) is 50.6 cm³/mol. The van der Waals surface area contributed by atoms with Crippen LogP contribution in [0.2, 0.25) is 0 Å². The molecule has 1 aromatic rings. The molecule has 0 heterocycles. The zero-order chi connectivity index (χ0) is 10.8. The van der Waals surface area contributed by atoms with Gasteiger partial charge in [0.05, 0.1) is 0 Å². The summed E-state index contributed by atoms with van der Waals surface area (Å²) in [5.74, 6) is -0.713. The van der Waals surface area contributed by atoms with E-state index in [1.165, 1.54) is 12.1 Å². The summed E-state index contributed by atoms with van der Waals surface area (Å²) in [5.41, 5.74) is 4.40. The Bertz CT molecular complexity index is 328. The molecule has 0 aromatic heterocycles. The standard InChI is InChI=1S/C7H7BF4NS/c9-6-3-5(13)1-2-7(6)14-4-8(10,11)12/h1-3H,4,13H2/q-1. The summed E-state index contributed by atoms with van der Waals surface area (Å²) in [6.07, 6.45) is 0. The molecule has 0 aliphatic rings. The first kappa shape index (κ1) is 11.2. The molecule has 1 aromatic carbocycles. The Balaban J connectivity index is 2.68. The van der Waals surface area contributed by atoms with Gasteiger partial charge in [-0.05, 0) is 23.9 Å².